The number of carbonyl (C=O) groups is 3. The molecule has 1 saturated heterocycles. The molecule has 2 N–H and O–H groups in total. The van der Waals surface area contributed by atoms with Crippen LogP contribution in [0.4, 0.5) is 0 Å². The van der Waals surface area contributed by atoms with Gasteiger partial charge in [-0.25, -0.2) is 0 Å². The summed E-state index contributed by atoms with van der Waals surface area (Å²) in [7, 11) is 3.17. The van der Waals surface area contributed by atoms with E-state index in [1.165, 1.54) is 0 Å². The number of rotatable bonds is 10. The Kier molecular flexibility index (Phi) is 9.93. The maximum absolute atomic E-state index is 13.1. The predicted molar refractivity (Wildman–Crippen MR) is 134 cm³/mol. The molecule has 188 valence electrons. The maximum atomic E-state index is 13.1. The summed E-state index contributed by atoms with van der Waals surface area (Å²) >= 11 is 5.93. The Balaban J connectivity index is 1.66. The van der Waals surface area contributed by atoms with Crippen molar-refractivity contribution in [3.8, 4) is 5.75 Å². The minimum Gasteiger partial charge on any atom is -0.497 e. The number of hydrogen-bond donors (Lipinski definition) is 2. The summed E-state index contributed by atoms with van der Waals surface area (Å²) < 4.78 is 10.2. The molecule has 0 saturated carbocycles. The highest BCUT2D eigenvalue weighted by Gasteiger charge is 2.34. The SMILES string of the molecule is COCCCNC(=O)C(NC(=O)c1ccc(OC)cc1)C1CCN(C(=O)c2ccc(Cl)cc2)CC1. The van der Waals surface area contributed by atoms with Crippen LogP contribution in [0, 0.1) is 5.92 Å². The first-order valence-corrected chi connectivity index (χ1v) is 12.1. The van der Waals surface area contributed by atoms with Crippen LogP contribution in [0.1, 0.15) is 40.0 Å². The van der Waals surface area contributed by atoms with Gasteiger partial charge < -0.3 is 25.0 Å². The second-order valence-corrected chi connectivity index (χ2v) is 8.89. The molecule has 35 heavy (non-hydrogen) atoms. The smallest absolute Gasteiger partial charge is 0.253 e. The first-order valence-electron chi connectivity index (χ1n) is 11.7. The number of likely N-dealkylation sites (tertiary alicyclic amines) is 1. The zero-order chi connectivity index (χ0) is 25.2. The van der Waals surface area contributed by atoms with Gasteiger partial charge in [0.05, 0.1) is 7.11 Å². The van der Waals surface area contributed by atoms with E-state index >= 15 is 0 Å². The van der Waals surface area contributed by atoms with Gasteiger partial charge in [0.15, 0.2) is 0 Å². The molecule has 0 aromatic heterocycles. The van der Waals surface area contributed by atoms with E-state index in [1.54, 1.807) is 67.7 Å². The van der Waals surface area contributed by atoms with Crippen LogP contribution < -0.4 is 15.4 Å². The largest absolute Gasteiger partial charge is 0.497 e. The minimum absolute atomic E-state index is 0.0667. The number of nitrogens with zero attached hydrogens (tertiary/aromatic N) is 1. The summed E-state index contributed by atoms with van der Waals surface area (Å²) in [5.74, 6) is -0.0848. The molecule has 1 heterocycles. The molecule has 3 amide bonds. The van der Waals surface area contributed by atoms with Gasteiger partial charge in [-0.1, -0.05) is 11.6 Å². The summed E-state index contributed by atoms with van der Waals surface area (Å²) in [4.78, 5) is 40.6. The summed E-state index contributed by atoms with van der Waals surface area (Å²) in [6.07, 6.45) is 1.87. The number of nitrogens with one attached hydrogen (secondary N) is 2. The first-order chi connectivity index (χ1) is 16.9. The van der Waals surface area contributed by atoms with Crippen LogP contribution in [0.25, 0.3) is 0 Å². The highest BCUT2D eigenvalue weighted by molar-refractivity contribution is 6.30. The first kappa shape index (κ1) is 26.5. The lowest BCUT2D eigenvalue weighted by Gasteiger charge is -2.36. The molecule has 1 atom stereocenters. The van der Waals surface area contributed by atoms with Crippen molar-refractivity contribution in [1.29, 1.82) is 0 Å². The predicted octanol–water partition coefficient (Wildman–Crippen LogP) is 3.15. The quantitative estimate of drug-likeness (QED) is 0.487. The fourth-order valence-electron chi connectivity index (χ4n) is 4.11. The van der Waals surface area contributed by atoms with E-state index in [0.717, 1.165) is 0 Å². The molecule has 0 bridgehead atoms. The van der Waals surface area contributed by atoms with Gasteiger partial charge in [-0.2, -0.15) is 0 Å². The molecule has 8 nitrogen and oxygen atoms in total. The van der Waals surface area contributed by atoms with Crippen molar-refractivity contribution in [3.63, 3.8) is 0 Å². The molecule has 1 unspecified atom stereocenters. The lowest BCUT2D eigenvalue weighted by atomic mass is 9.88. The van der Waals surface area contributed by atoms with Crippen molar-refractivity contribution in [2.24, 2.45) is 5.92 Å². The Morgan fingerprint density at radius 3 is 2.23 bits per heavy atom. The molecule has 1 fully saturated rings. The number of carbonyl (C=O) groups excluding carboxylic acids is 3. The fraction of sp³-hybridized carbons (Fsp3) is 0.423. The van der Waals surface area contributed by atoms with Crippen LogP contribution in [0.2, 0.25) is 5.02 Å². The number of methoxy groups -OCH3 is 2. The maximum Gasteiger partial charge on any atom is 0.253 e. The zero-order valence-corrected chi connectivity index (χ0v) is 20.8. The number of piperidine rings is 1. The molecular formula is C26H32ClN3O5. The van der Waals surface area contributed by atoms with Crippen LogP contribution in [0.5, 0.6) is 5.75 Å². The van der Waals surface area contributed by atoms with Crippen LogP contribution in [-0.4, -0.2) is 69.1 Å². The average molecular weight is 502 g/mol. The molecular weight excluding hydrogens is 470 g/mol. The molecule has 9 heteroatoms. The number of benzene rings is 2. The van der Waals surface area contributed by atoms with Gasteiger partial charge in [0.1, 0.15) is 11.8 Å². The number of halogens is 1. The monoisotopic (exact) mass is 501 g/mol. The summed E-state index contributed by atoms with van der Waals surface area (Å²) in [6.45, 7) is 1.99. The Bertz CT molecular complexity index is 989. The molecule has 0 aliphatic carbocycles. The van der Waals surface area contributed by atoms with Crippen molar-refractivity contribution in [1.82, 2.24) is 15.5 Å². The van der Waals surface area contributed by atoms with Crippen LogP contribution in [-0.2, 0) is 9.53 Å². The Hall–Kier alpha value is -3.10. The van der Waals surface area contributed by atoms with E-state index in [-0.39, 0.29) is 23.6 Å². The van der Waals surface area contributed by atoms with Crippen molar-refractivity contribution >= 4 is 29.3 Å². The second-order valence-electron chi connectivity index (χ2n) is 8.45. The minimum atomic E-state index is -0.708. The van der Waals surface area contributed by atoms with Gasteiger partial charge >= 0.3 is 0 Å². The third-order valence-corrected chi connectivity index (χ3v) is 6.39. The van der Waals surface area contributed by atoms with Crippen LogP contribution in [0.15, 0.2) is 48.5 Å². The van der Waals surface area contributed by atoms with Gasteiger partial charge in [-0.15, -0.1) is 0 Å². The molecule has 2 aromatic rings. The van der Waals surface area contributed by atoms with E-state index in [4.69, 9.17) is 21.1 Å². The third-order valence-electron chi connectivity index (χ3n) is 6.14. The van der Waals surface area contributed by atoms with Gasteiger partial charge in [-0.05, 0) is 73.7 Å². The van der Waals surface area contributed by atoms with Crippen molar-refractivity contribution in [3.05, 3.63) is 64.7 Å². The Morgan fingerprint density at radius 2 is 1.63 bits per heavy atom. The second kappa shape index (κ2) is 13.1. The molecule has 3 rings (SSSR count). The van der Waals surface area contributed by atoms with Crippen LogP contribution in [0.3, 0.4) is 0 Å². The highest BCUT2D eigenvalue weighted by Crippen LogP contribution is 2.24. The number of hydrogen-bond acceptors (Lipinski definition) is 5. The lowest BCUT2D eigenvalue weighted by molar-refractivity contribution is -0.124. The van der Waals surface area contributed by atoms with E-state index in [9.17, 15) is 14.4 Å². The van der Waals surface area contributed by atoms with Gasteiger partial charge in [0.25, 0.3) is 11.8 Å². The van der Waals surface area contributed by atoms with Gasteiger partial charge in [0, 0.05) is 49.5 Å². The van der Waals surface area contributed by atoms with E-state index < -0.39 is 6.04 Å². The van der Waals surface area contributed by atoms with E-state index in [2.05, 4.69) is 10.6 Å². The number of amides is 3. The molecule has 0 spiro atoms. The molecule has 2 aromatic carbocycles. The van der Waals surface area contributed by atoms with E-state index in [1.807, 2.05) is 0 Å². The van der Waals surface area contributed by atoms with Crippen molar-refractivity contribution < 1.29 is 23.9 Å². The molecule has 1 aliphatic heterocycles. The standard InChI is InChI=1S/C26H32ClN3O5/c1-34-17-3-14-28-25(32)23(29-24(31)19-6-10-22(35-2)11-7-19)18-12-15-30(16-13-18)26(33)20-4-8-21(27)9-5-20/h4-11,18,23H,3,12-17H2,1-2H3,(H,28,32)(H,29,31). The van der Waals surface area contributed by atoms with Crippen molar-refractivity contribution in [2.75, 3.05) is 40.5 Å². The topological polar surface area (TPSA) is 97.0 Å². The van der Waals surface area contributed by atoms with Crippen molar-refractivity contribution in [2.45, 2.75) is 25.3 Å². The van der Waals surface area contributed by atoms with Crippen LogP contribution >= 0.6 is 11.6 Å². The highest BCUT2D eigenvalue weighted by atomic mass is 35.5. The Labute approximate surface area is 210 Å². The summed E-state index contributed by atoms with van der Waals surface area (Å²) in [6, 6.07) is 12.8. The third kappa shape index (κ3) is 7.44. The lowest BCUT2D eigenvalue weighted by Crippen LogP contribution is -2.54. The Morgan fingerprint density at radius 1 is 1.00 bits per heavy atom. The van der Waals surface area contributed by atoms with Gasteiger partial charge in [0.2, 0.25) is 5.91 Å². The van der Waals surface area contributed by atoms with E-state index in [0.29, 0.717) is 67.4 Å². The zero-order valence-electron chi connectivity index (χ0n) is 20.1. The normalized spacial score (nSPS) is 14.8. The summed E-state index contributed by atoms with van der Waals surface area (Å²) in [5.41, 5.74) is 1.02. The number of ether oxygens (including phenoxy) is 2. The van der Waals surface area contributed by atoms with Gasteiger partial charge in [-0.3, -0.25) is 14.4 Å². The average Bonchev–Trinajstić information content (AvgIpc) is 2.89. The summed E-state index contributed by atoms with van der Waals surface area (Å²) in [5, 5.41) is 6.41. The molecule has 1 aliphatic rings. The fourth-order valence-corrected chi connectivity index (χ4v) is 4.24. The molecule has 0 radical (unpaired) electrons.